The lowest BCUT2D eigenvalue weighted by Gasteiger charge is -2.29. The third-order valence-corrected chi connectivity index (χ3v) is 6.98. The van der Waals surface area contributed by atoms with Gasteiger partial charge in [0.1, 0.15) is 11.6 Å². The number of anilines is 3. The summed E-state index contributed by atoms with van der Waals surface area (Å²) in [7, 11) is 0. The Morgan fingerprint density at radius 2 is 1.97 bits per heavy atom. The van der Waals surface area contributed by atoms with Gasteiger partial charge in [0.2, 0.25) is 0 Å². The van der Waals surface area contributed by atoms with Crippen LogP contribution in [0, 0.1) is 18.8 Å². The Kier molecular flexibility index (Phi) is 8.99. The molecule has 2 aliphatic rings. The number of carbonyl (C=O) groups excluding carboxylic acids is 1. The number of urea groups is 1. The lowest BCUT2D eigenvalue weighted by atomic mass is 10.00. The van der Waals surface area contributed by atoms with Crippen LogP contribution in [0.5, 0.6) is 0 Å². The van der Waals surface area contributed by atoms with E-state index in [0.717, 1.165) is 35.6 Å². The SMILES string of the molecule is Cc1ccc(NC(=O)N2CC[C@@H](CC(F)(F)F)C2)cc1-c1cc(NC[C@H](C)CO)nc(N2CCOCC2)c1. The number of amides is 2. The van der Waals surface area contributed by atoms with E-state index >= 15 is 0 Å². The molecule has 2 fully saturated rings. The molecule has 2 amide bonds. The summed E-state index contributed by atoms with van der Waals surface area (Å²) in [4.78, 5) is 21.2. The van der Waals surface area contributed by atoms with Gasteiger partial charge in [-0.05, 0) is 66.1 Å². The highest BCUT2D eigenvalue weighted by Gasteiger charge is 2.36. The number of morpholine rings is 1. The van der Waals surface area contributed by atoms with Crippen LogP contribution in [0.3, 0.4) is 0 Å². The average Bonchev–Trinajstić information content (AvgIpc) is 3.35. The third kappa shape index (κ3) is 7.50. The molecule has 3 heterocycles. The number of aliphatic hydroxyl groups excluding tert-OH is 1. The zero-order valence-electron chi connectivity index (χ0n) is 21.9. The lowest BCUT2D eigenvalue weighted by molar-refractivity contribution is -0.143. The molecule has 0 spiro atoms. The highest BCUT2D eigenvalue weighted by molar-refractivity contribution is 5.91. The lowest BCUT2D eigenvalue weighted by Crippen LogP contribution is -2.36. The molecule has 38 heavy (non-hydrogen) atoms. The van der Waals surface area contributed by atoms with Crippen molar-refractivity contribution >= 4 is 23.4 Å². The minimum Gasteiger partial charge on any atom is -0.396 e. The number of carbonyl (C=O) groups is 1. The van der Waals surface area contributed by atoms with Crippen molar-refractivity contribution in [2.45, 2.75) is 32.9 Å². The van der Waals surface area contributed by atoms with Gasteiger partial charge in [-0.3, -0.25) is 0 Å². The Bertz CT molecular complexity index is 1110. The number of aliphatic hydroxyl groups is 1. The largest absolute Gasteiger partial charge is 0.396 e. The van der Waals surface area contributed by atoms with Crippen LogP contribution in [-0.4, -0.2) is 79.7 Å². The number of pyridine rings is 1. The summed E-state index contributed by atoms with van der Waals surface area (Å²) in [6, 6.07) is 9.17. The van der Waals surface area contributed by atoms with Crippen molar-refractivity contribution in [1.82, 2.24) is 9.88 Å². The van der Waals surface area contributed by atoms with Gasteiger partial charge in [0.25, 0.3) is 0 Å². The van der Waals surface area contributed by atoms with Gasteiger partial charge in [0.05, 0.1) is 13.2 Å². The van der Waals surface area contributed by atoms with Crippen molar-refractivity contribution in [2.75, 3.05) is 68.1 Å². The Morgan fingerprint density at radius 3 is 2.68 bits per heavy atom. The molecule has 1 aromatic carbocycles. The number of alkyl halides is 3. The Hall–Kier alpha value is -3.05. The molecule has 11 heteroatoms. The van der Waals surface area contributed by atoms with Gasteiger partial charge in [-0.2, -0.15) is 13.2 Å². The predicted molar refractivity (Wildman–Crippen MR) is 142 cm³/mol. The van der Waals surface area contributed by atoms with Crippen LogP contribution in [0.4, 0.5) is 35.3 Å². The molecule has 1 aromatic heterocycles. The minimum absolute atomic E-state index is 0.0638. The fourth-order valence-corrected chi connectivity index (χ4v) is 4.78. The predicted octanol–water partition coefficient (Wildman–Crippen LogP) is 4.74. The minimum atomic E-state index is -4.22. The molecule has 0 unspecified atom stereocenters. The number of nitrogens with one attached hydrogen (secondary N) is 2. The van der Waals surface area contributed by atoms with Gasteiger partial charge in [0, 0.05) is 51.4 Å². The van der Waals surface area contributed by atoms with Crippen molar-refractivity contribution in [2.24, 2.45) is 11.8 Å². The number of rotatable bonds is 8. The maximum absolute atomic E-state index is 12.8. The average molecular weight is 536 g/mol. The van der Waals surface area contributed by atoms with Crippen LogP contribution in [0.15, 0.2) is 30.3 Å². The topological polar surface area (TPSA) is 90.0 Å². The highest BCUT2D eigenvalue weighted by atomic mass is 19.4. The van der Waals surface area contributed by atoms with Crippen LogP contribution in [-0.2, 0) is 4.74 Å². The number of benzene rings is 1. The number of ether oxygens (including phenoxy) is 1. The Labute approximate surface area is 221 Å². The van der Waals surface area contributed by atoms with Crippen molar-refractivity contribution < 1.29 is 27.8 Å². The molecule has 3 N–H and O–H groups in total. The number of likely N-dealkylation sites (tertiary alicyclic amines) is 1. The zero-order valence-corrected chi connectivity index (χ0v) is 21.9. The first kappa shape index (κ1) is 28.0. The van der Waals surface area contributed by atoms with Gasteiger partial charge in [-0.15, -0.1) is 0 Å². The molecule has 8 nitrogen and oxygen atoms in total. The van der Waals surface area contributed by atoms with Gasteiger partial charge in [0.15, 0.2) is 0 Å². The maximum atomic E-state index is 12.8. The van der Waals surface area contributed by atoms with Crippen molar-refractivity contribution in [3.05, 3.63) is 35.9 Å². The fraction of sp³-hybridized carbons (Fsp3) is 0.556. The number of hydrogen-bond acceptors (Lipinski definition) is 6. The second kappa shape index (κ2) is 12.2. The van der Waals surface area contributed by atoms with E-state index in [9.17, 15) is 23.1 Å². The van der Waals surface area contributed by atoms with E-state index in [0.29, 0.717) is 44.2 Å². The van der Waals surface area contributed by atoms with E-state index in [1.807, 2.05) is 38.1 Å². The molecule has 2 saturated heterocycles. The van der Waals surface area contributed by atoms with E-state index < -0.39 is 24.5 Å². The van der Waals surface area contributed by atoms with Crippen molar-refractivity contribution in [1.29, 1.82) is 0 Å². The van der Waals surface area contributed by atoms with E-state index in [-0.39, 0.29) is 19.1 Å². The molecule has 2 aromatic rings. The summed E-state index contributed by atoms with van der Waals surface area (Å²) >= 11 is 0. The maximum Gasteiger partial charge on any atom is 0.389 e. The first-order valence-electron chi connectivity index (χ1n) is 13.0. The monoisotopic (exact) mass is 535 g/mol. The van der Waals surface area contributed by atoms with Crippen LogP contribution in [0.25, 0.3) is 11.1 Å². The molecular formula is C27H36F3N5O3. The molecule has 4 rings (SSSR count). The van der Waals surface area contributed by atoms with Gasteiger partial charge in [-0.25, -0.2) is 9.78 Å². The van der Waals surface area contributed by atoms with Crippen molar-refractivity contribution in [3.63, 3.8) is 0 Å². The van der Waals surface area contributed by atoms with Crippen LogP contribution in [0.1, 0.15) is 25.3 Å². The number of hydrogen-bond donors (Lipinski definition) is 3. The smallest absolute Gasteiger partial charge is 0.389 e. The van der Waals surface area contributed by atoms with Crippen LogP contribution < -0.4 is 15.5 Å². The quantitative estimate of drug-likeness (QED) is 0.453. The summed E-state index contributed by atoms with van der Waals surface area (Å²) in [5.41, 5.74) is 3.40. The number of aromatic nitrogens is 1. The summed E-state index contributed by atoms with van der Waals surface area (Å²) in [6.07, 6.45) is -4.75. The number of nitrogens with zero attached hydrogens (tertiary/aromatic N) is 3. The van der Waals surface area contributed by atoms with E-state index in [1.54, 1.807) is 6.07 Å². The van der Waals surface area contributed by atoms with Gasteiger partial charge < -0.3 is 30.3 Å². The van der Waals surface area contributed by atoms with Crippen LogP contribution in [0.2, 0.25) is 0 Å². The highest BCUT2D eigenvalue weighted by Crippen LogP contribution is 2.33. The Balaban J connectivity index is 1.54. The van der Waals surface area contributed by atoms with Crippen molar-refractivity contribution in [3.8, 4) is 11.1 Å². The van der Waals surface area contributed by atoms with Gasteiger partial charge in [-0.1, -0.05) is 13.0 Å². The standard InChI is InChI=1S/C27H36F3N5O3/c1-18(17-36)15-31-24-11-21(12-25(33-24)34-7-9-38-10-8-34)23-13-22(4-3-19(23)2)32-26(37)35-6-5-20(16-35)14-27(28,29)30/h3-4,11-13,18,20,36H,5-10,14-17H2,1-2H3,(H,31,33)(H,32,37)/t18-,20-/m0/s1. The van der Waals surface area contributed by atoms with Gasteiger partial charge >= 0.3 is 12.2 Å². The van der Waals surface area contributed by atoms with E-state index in [4.69, 9.17) is 9.72 Å². The number of halogens is 3. The summed E-state index contributed by atoms with van der Waals surface area (Å²) in [5, 5.41) is 15.6. The number of aryl methyl sites for hydroxylation is 1. The van der Waals surface area contributed by atoms with Crippen LogP contribution >= 0.6 is 0 Å². The fourth-order valence-electron chi connectivity index (χ4n) is 4.78. The molecule has 0 radical (unpaired) electrons. The Morgan fingerprint density at radius 1 is 1.21 bits per heavy atom. The summed E-state index contributed by atoms with van der Waals surface area (Å²) in [5.74, 6) is 0.996. The molecule has 0 aliphatic carbocycles. The second-order valence-corrected chi connectivity index (χ2v) is 10.2. The summed E-state index contributed by atoms with van der Waals surface area (Å²) in [6.45, 7) is 7.66. The molecule has 208 valence electrons. The summed E-state index contributed by atoms with van der Waals surface area (Å²) < 4.78 is 43.8. The zero-order chi connectivity index (χ0) is 27.3. The normalized spacial score (nSPS) is 18.9. The van der Waals surface area contributed by atoms with E-state index in [2.05, 4.69) is 15.5 Å². The second-order valence-electron chi connectivity index (χ2n) is 10.2. The molecular weight excluding hydrogens is 499 g/mol. The van der Waals surface area contributed by atoms with E-state index in [1.165, 1.54) is 4.90 Å². The molecule has 2 aliphatic heterocycles. The first-order chi connectivity index (χ1) is 18.1. The molecule has 0 bridgehead atoms. The first-order valence-corrected chi connectivity index (χ1v) is 13.0. The third-order valence-electron chi connectivity index (χ3n) is 6.98. The molecule has 2 atom stereocenters. The molecule has 0 saturated carbocycles.